The van der Waals surface area contributed by atoms with E-state index in [1.165, 1.54) is 30.6 Å². The molecule has 0 saturated carbocycles. The van der Waals surface area contributed by atoms with Crippen LogP contribution in [0.1, 0.15) is 5.69 Å². The number of halogens is 3. The Kier molecular flexibility index (Phi) is 4.89. The first-order valence-electron chi connectivity index (χ1n) is 5.75. The molecule has 0 atom stereocenters. The Hall–Kier alpha value is -1.54. The normalized spacial score (nSPS) is 11.4. The lowest BCUT2D eigenvalue weighted by atomic mass is 10.2. The van der Waals surface area contributed by atoms with Gasteiger partial charge in [-0.25, -0.2) is 4.98 Å². The molecular weight excluding hydrogens is 323 g/mol. The molecule has 0 amide bonds. The Morgan fingerprint density at radius 1 is 1.33 bits per heavy atom. The van der Waals surface area contributed by atoms with Crippen LogP contribution in [0.3, 0.4) is 0 Å². The number of carbonyl (C=O) groups excluding carboxylic acids is 1. The van der Waals surface area contributed by atoms with E-state index in [1.807, 2.05) is 0 Å². The number of hydrogen-bond donors (Lipinski definition) is 0. The van der Waals surface area contributed by atoms with Gasteiger partial charge in [0.2, 0.25) is 0 Å². The van der Waals surface area contributed by atoms with Gasteiger partial charge in [-0.15, -0.1) is 11.3 Å². The Morgan fingerprint density at radius 3 is 2.57 bits per heavy atom. The summed E-state index contributed by atoms with van der Waals surface area (Å²) in [6.45, 7) is 0. The number of ether oxygens (including phenoxy) is 1. The van der Waals surface area contributed by atoms with E-state index >= 15 is 0 Å². The monoisotopic (exact) mass is 333 g/mol. The van der Waals surface area contributed by atoms with Crippen LogP contribution in [0.2, 0.25) is 0 Å². The van der Waals surface area contributed by atoms with Gasteiger partial charge in [0.15, 0.2) is 0 Å². The number of thioether (sulfide) groups is 1. The maximum absolute atomic E-state index is 12.2. The number of rotatable bonds is 4. The van der Waals surface area contributed by atoms with Gasteiger partial charge < -0.3 is 4.74 Å². The van der Waals surface area contributed by atoms with Gasteiger partial charge >= 0.3 is 11.5 Å². The molecule has 112 valence electrons. The average molecular weight is 333 g/mol. The summed E-state index contributed by atoms with van der Waals surface area (Å²) in [5, 5.41) is 2.38. The largest absolute Gasteiger partial charge is 0.469 e. The van der Waals surface area contributed by atoms with Gasteiger partial charge in [0.25, 0.3) is 0 Å². The highest BCUT2D eigenvalue weighted by Gasteiger charge is 2.29. The number of benzene rings is 1. The van der Waals surface area contributed by atoms with Crippen LogP contribution in [0.15, 0.2) is 34.5 Å². The van der Waals surface area contributed by atoms with Gasteiger partial charge in [-0.2, -0.15) is 13.2 Å². The molecular formula is C13H10F3NO2S2. The second-order valence-electron chi connectivity index (χ2n) is 3.97. The van der Waals surface area contributed by atoms with Gasteiger partial charge in [0.05, 0.1) is 19.2 Å². The second kappa shape index (κ2) is 6.48. The molecule has 0 aliphatic carbocycles. The zero-order valence-electron chi connectivity index (χ0n) is 10.8. The number of hydrogen-bond acceptors (Lipinski definition) is 5. The lowest BCUT2D eigenvalue weighted by Crippen LogP contribution is -2.04. The topological polar surface area (TPSA) is 39.2 Å². The van der Waals surface area contributed by atoms with Crippen molar-refractivity contribution in [2.75, 3.05) is 7.11 Å². The fourth-order valence-electron chi connectivity index (χ4n) is 1.54. The summed E-state index contributed by atoms with van der Waals surface area (Å²) in [7, 11) is 1.30. The van der Waals surface area contributed by atoms with E-state index in [2.05, 4.69) is 9.72 Å². The maximum atomic E-state index is 12.2. The molecule has 0 saturated heterocycles. The van der Waals surface area contributed by atoms with E-state index in [0.717, 1.165) is 0 Å². The summed E-state index contributed by atoms with van der Waals surface area (Å²) < 4.78 is 41.2. The van der Waals surface area contributed by atoms with Crippen molar-refractivity contribution in [3.8, 4) is 10.6 Å². The van der Waals surface area contributed by atoms with Gasteiger partial charge in [-0.1, -0.05) is 12.1 Å². The fourth-order valence-corrected chi connectivity index (χ4v) is 2.91. The number of nitrogens with zero attached hydrogens (tertiary/aromatic N) is 1. The van der Waals surface area contributed by atoms with Crippen molar-refractivity contribution in [1.29, 1.82) is 0 Å². The molecule has 0 bridgehead atoms. The van der Waals surface area contributed by atoms with Crippen LogP contribution >= 0.6 is 23.1 Å². The highest BCUT2D eigenvalue weighted by molar-refractivity contribution is 8.00. The van der Waals surface area contributed by atoms with E-state index in [0.29, 0.717) is 16.3 Å². The van der Waals surface area contributed by atoms with Gasteiger partial charge in [-0.3, -0.25) is 4.79 Å². The number of esters is 1. The van der Waals surface area contributed by atoms with Gasteiger partial charge in [-0.05, 0) is 23.9 Å². The maximum Gasteiger partial charge on any atom is 0.446 e. The molecule has 2 rings (SSSR count). The first kappa shape index (κ1) is 15.8. The highest BCUT2D eigenvalue weighted by atomic mass is 32.2. The lowest BCUT2D eigenvalue weighted by molar-refractivity contribution is -0.139. The van der Waals surface area contributed by atoms with Crippen LogP contribution in [-0.4, -0.2) is 23.6 Å². The van der Waals surface area contributed by atoms with Crippen molar-refractivity contribution in [3.05, 3.63) is 35.3 Å². The quantitative estimate of drug-likeness (QED) is 0.623. The van der Waals surface area contributed by atoms with Gasteiger partial charge in [0, 0.05) is 15.8 Å². The van der Waals surface area contributed by atoms with E-state index in [4.69, 9.17) is 0 Å². The molecule has 0 fully saturated rings. The standard InChI is InChI=1S/C13H10F3NO2S2/c1-19-11(18)6-9-7-20-12(17-9)8-2-4-10(5-3-8)21-13(14,15)16/h2-5,7H,6H2,1H3. The molecule has 21 heavy (non-hydrogen) atoms. The minimum absolute atomic E-state index is 0.0784. The summed E-state index contributed by atoms with van der Waals surface area (Å²) in [4.78, 5) is 15.5. The van der Waals surface area contributed by atoms with E-state index in [1.54, 1.807) is 17.5 Å². The van der Waals surface area contributed by atoms with Crippen molar-refractivity contribution < 1.29 is 22.7 Å². The first-order chi connectivity index (χ1) is 9.87. The molecule has 8 heteroatoms. The Morgan fingerprint density at radius 2 is 2.00 bits per heavy atom. The minimum Gasteiger partial charge on any atom is -0.469 e. The van der Waals surface area contributed by atoms with Crippen molar-refractivity contribution in [1.82, 2.24) is 4.98 Å². The highest BCUT2D eigenvalue weighted by Crippen LogP contribution is 2.37. The smallest absolute Gasteiger partial charge is 0.446 e. The Labute approximate surface area is 127 Å². The van der Waals surface area contributed by atoms with Crippen LogP contribution < -0.4 is 0 Å². The Bertz CT molecular complexity index is 623. The SMILES string of the molecule is COC(=O)Cc1csc(-c2ccc(SC(F)(F)F)cc2)n1. The molecule has 2 aromatic rings. The van der Waals surface area contributed by atoms with Crippen LogP contribution in [0, 0.1) is 0 Å². The second-order valence-corrected chi connectivity index (χ2v) is 5.97. The lowest BCUT2D eigenvalue weighted by Gasteiger charge is -2.05. The summed E-state index contributed by atoms with van der Waals surface area (Å²) in [6.07, 6.45) is 0.0784. The number of aromatic nitrogens is 1. The van der Waals surface area contributed by atoms with Crippen LogP contribution in [0.25, 0.3) is 10.6 Å². The van der Waals surface area contributed by atoms with Crippen LogP contribution in [0.5, 0.6) is 0 Å². The molecule has 0 aliphatic heterocycles. The summed E-state index contributed by atoms with van der Waals surface area (Å²) in [5.41, 5.74) is -3.01. The third-order valence-corrected chi connectivity index (χ3v) is 4.12. The van der Waals surface area contributed by atoms with E-state index < -0.39 is 5.51 Å². The van der Waals surface area contributed by atoms with E-state index in [-0.39, 0.29) is 29.0 Å². The van der Waals surface area contributed by atoms with Crippen molar-refractivity contribution in [2.24, 2.45) is 0 Å². The van der Waals surface area contributed by atoms with Crippen molar-refractivity contribution in [2.45, 2.75) is 16.8 Å². The predicted molar refractivity (Wildman–Crippen MR) is 75.2 cm³/mol. The fraction of sp³-hybridized carbons (Fsp3) is 0.231. The summed E-state index contributed by atoms with van der Waals surface area (Å²) in [5.74, 6) is -0.385. The zero-order chi connectivity index (χ0) is 15.5. The molecule has 1 aromatic carbocycles. The predicted octanol–water partition coefficient (Wildman–Crippen LogP) is 4.14. The molecule has 0 N–H and O–H groups in total. The van der Waals surface area contributed by atoms with Gasteiger partial charge in [0.1, 0.15) is 5.01 Å². The third-order valence-electron chi connectivity index (χ3n) is 2.44. The van der Waals surface area contributed by atoms with Crippen LogP contribution in [-0.2, 0) is 16.0 Å². The zero-order valence-corrected chi connectivity index (χ0v) is 12.4. The van der Waals surface area contributed by atoms with Crippen LogP contribution in [0.4, 0.5) is 13.2 Å². The third kappa shape index (κ3) is 4.75. The Balaban J connectivity index is 2.10. The summed E-state index contributed by atoms with van der Waals surface area (Å²) >= 11 is 1.17. The minimum atomic E-state index is -4.30. The molecule has 0 unspecified atom stereocenters. The number of alkyl halides is 3. The molecule has 0 spiro atoms. The van der Waals surface area contributed by atoms with Crippen molar-refractivity contribution >= 4 is 29.1 Å². The number of methoxy groups -OCH3 is 1. The first-order valence-corrected chi connectivity index (χ1v) is 7.44. The number of thiazole rings is 1. The molecule has 3 nitrogen and oxygen atoms in total. The summed E-state index contributed by atoms with van der Waals surface area (Å²) in [6, 6.07) is 5.95. The van der Waals surface area contributed by atoms with Crippen molar-refractivity contribution in [3.63, 3.8) is 0 Å². The molecule has 1 heterocycles. The molecule has 1 aromatic heterocycles. The number of carbonyl (C=O) groups is 1. The molecule has 0 aliphatic rings. The average Bonchev–Trinajstić information content (AvgIpc) is 2.86. The molecule has 0 radical (unpaired) electrons. The van der Waals surface area contributed by atoms with E-state index in [9.17, 15) is 18.0 Å².